The number of fused-ring (bicyclic) bond motifs is 3. The first-order chi connectivity index (χ1) is 14.6. The first kappa shape index (κ1) is 19.4. The molecule has 0 aliphatic rings. The fourth-order valence-corrected chi connectivity index (χ4v) is 3.35. The maximum Gasteiger partial charge on any atom is 0.243 e. The zero-order valence-corrected chi connectivity index (χ0v) is 16.9. The molecule has 0 fully saturated rings. The predicted octanol–water partition coefficient (Wildman–Crippen LogP) is 4.66. The molecule has 0 aliphatic heterocycles. The Morgan fingerprint density at radius 1 is 0.833 bits per heavy atom. The molecule has 7 heteroatoms. The number of methoxy groups -OCH3 is 3. The summed E-state index contributed by atoms with van der Waals surface area (Å²) >= 11 is 0. The molecule has 7 nitrogen and oxygen atoms in total. The van der Waals surface area contributed by atoms with Gasteiger partial charge in [-0.3, -0.25) is 4.79 Å². The van der Waals surface area contributed by atoms with E-state index in [0.29, 0.717) is 28.6 Å². The van der Waals surface area contributed by atoms with Crippen LogP contribution in [0, 0.1) is 0 Å². The highest BCUT2D eigenvalue weighted by Crippen LogP contribution is 2.36. The largest absolute Gasteiger partial charge is 0.495 e. The minimum Gasteiger partial charge on any atom is -0.495 e. The Kier molecular flexibility index (Phi) is 5.34. The molecule has 1 aromatic heterocycles. The van der Waals surface area contributed by atoms with Gasteiger partial charge in [-0.1, -0.05) is 18.2 Å². The van der Waals surface area contributed by atoms with Crippen LogP contribution in [0.25, 0.3) is 21.9 Å². The second-order valence-corrected chi connectivity index (χ2v) is 6.62. The van der Waals surface area contributed by atoms with Gasteiger partial charge in [0.2, 0.25) is 5.91 Å². The van der Waals surface area contributed by atoms with Crippen LogP contribution in [0.3, 0.4) is 0 Å². The summed E-state index contributed by atoms with van der Waals surface area (Å²) in [4.78, 5) is 12.4. The SMILES string of the molecule is COc1cc2c(cc1NCC(=O)Nc1ccc(OC)c(OC)c1)oc1ccccc12. The number of carbonyl (C=O) groups is 1. The number of amides is 1. The van der Waals surface area contributed by atoms with Gasteiger partial charge in [-0.2, -0.15) is 0 Å². The summed E-state index contributed by atoms with van der Waals surface area (Å²) in [6.07, 6.45) is 0. The quantitative estimate of drug-likeness (QED) is 0.464. The lowest BCUT2D eigenvalue weighted by Gasteiger charge is -2.13. The summed E-state index contributed by atoms with van der Waals surface area (Å²) in [6.45, 7) is 0.0520. The molecule has 2 N–H and O–H groups in total. The third-order valence-corrected chi connectivity index (χ3v) is 4.81. The van der Waals surface area contributed by atoms with Crippen molar-refractivity contribution in [1.82, 2.24) is 0 Å². The summed E-state index contributed by atoms with van der Waals surface area (Å²) in [6, 6.07) is 16.8. The van der Waals surface area contributed by atoms with Crippen LogP contribution in [-0.2, 0) is 4.79 Å². The molecule has 1 heterocycles. The van der Waals surface area contributed by atoms with Crippen molar-refractivity contribution in [2.75, 3.05) is 38.5 Å². The highest BCUT2D eigenvalue weighted by Gasteiger charge is 2.13. The van der Waals surface area contributed by atoms with Gasteiger partial charge in [0.1, 0.15) is 16.9 Å². The van der Waals surface area contributed by atoms with Crippen molar-refractivity contribution >= 4 is 39.2 Å². The molecule has 0 aliphatic carbocycles. The molecule has 4 rings (SSSR count). The summed E-state index contributed by atoms with van der Waals surface area (Å²) < 4.78 is 21.9. The first-order valence-electron chi connectivity index (χ1n) is 9.38. The van der Waals surface area contributed by atoms with E-state index in [-0.39, 0.29) is 12.5 Å². The van der Waals surface area contributed by atoms with Gasteiger partial charge in [-0.15, -0.1) is 0 Å². The molecule has 0 atom stereocenters. The Balaban J connectivity index is 1.51. The number of carbonyl (C=O) groups excluding carboxylic acids is 1. The van der Waals surface area contributed by atoms with E-state index in [0.717, 1.165) is 21.9 Å². The van der Waals surface area contributed by atoms with Crippen LogP contribution in [0.2, 0.25) is 0 Å². The van der Waals surface area contributed by atoms with Crippen molar-refractivity contribution in [3.63, 3.8) is 0 Å². The maximum absolute atomic E-state index is 12.4. The molecular formula is C23H22N2O5. The van der Waals surface area contributed by atoms with Crippen molar-refractivity contribution in [3.8, 4) is 17.2 Å². The summed E-state index contributed by atoms with van der Waals surface area (Å²) in [5.74, 6) is 1.56. The standard InChI is InChI=1S/C23H22N2O5/c1-27-19-9-8-14(10-22(19)29-3)25-23(26)13-24-17-12-20-16(11-21(17)28-2)15-6-4-5-7-18(15)30-20/h4-12,24H,13H2,1-3H3,(H,25,26). The lowest BCUT2D eigenvalue weighted by molar-refractivity contribution is -0.114. The van der Waals surface area contributed by atoms with Gasteiger partial charge in [0.25, 0.3) is 0 Å². The van der Waals surface area contributed by atoms with Gasteiger partial charge in [0.15, 0.2) is 11.5 Å². The van der Waals surface area contributed by atoms with E-state index in [9.17, 15) is 4.79 Å². The van der Waals surface area contributed by atoms with E-state index >= 15 is 0 Å². The molecule has 0 saturated heterocycles. The topological polar surface area (TPSA) is 82.0 Å². The van der Waals surface area contributed by atoms with Crippen LogP contribution >= 0.6 is 0 Å². The van der Waals surface area contributed by atoms with Gasteiger partial charge in [-0.05, 0) is 24.3 Å². The number of para-hydroxylation sites is 1. The Bertz CT molecular complexity index is 1220. The Labute approximate surface area is 173 Å². The number of hydrogen-bond donors (Lipinski definition) is 2. The number of furan rings is 1. The molecule has 0 saturated carbocycles. The fourth-order valence-electron chi connectivity index (χ4n) is 3.35. The number of benzene rings is 3. The van der Waals surface area contributed by atoms with Crippen molar-refractivity contribution in [2.45, 2.75) is 0 Å². The Morgan fingerprint density at radius 3 is 2.37 bits per heavy atom. The fraction of sp³-hybridized carbons (Fsp3) is 0.174. The lowest BCUT2D eigenvalue weighted by atomic mass is 10.1. The minimum absolute atomic E-state index is 0.0520. The molecule has 0 unspecified atom stereocenters. The van der Waals surface area contributed by atoms with Crippen molar-refractivity contribution in [2.24, 2.45) is 0 Å². The molecule has 0 spiro atoms. The summed E-state index contributed by atoms with van der Waals surface area (Å²) in [5, 5.41) is 7.93. The minimum atomic E-state index is -0.214. The van der Waals surface area contributed by atoms with Gasteiger partial charge >= 0.3 is 0 Å². The highest BCUT2D eigenvalue weighted by molar-refractivity contribution is 6.06. The normalized spacial score (nSPS) is 10.8. The van der Waals surface area contributed by atoms with E-state index in [1.807, 2.05) is 36.4 Å². The van der Waals surface area contributed by atoms with Gasteiger partial charge in [0, 0.05) is 28.6 Å². The lowest BCUT2D eigenvalue weighted by Crippen LogP contribution is -2.22. The van der Waals surface area contributed by atoms with E-state index < -0.39 is 0 Å². The monoisotopic (exact) mass is 406 g/mol. The van der Waals surface area contributed by atoms with Crippen LogP contribution in [0.4, 0.5) is 11.4 Å². The first-order valence-corrected chi connectivity index (χ1v) is 9.38. The second kappa shape index (κ2) is 8.24. The van der Waals surface area contributed by atoms with Crippen LogP contribution in [-0.4, -0.2) is 33.8 Å². The van der Waals surface area contributed by atoms with E-state index in [1.54, 1.807) is 39.5 Å². The van der Waals surface area contributed by atoms with Crippen LogP contribution in [0.5, 0.6) is 17.2 Å². The molecule has 3 aromatic carbocycles. The van der Waals surface area contributed by atoms with Gasteiger partial charge in [0.05, 0.1) is 33.6 Å². The molecule has 154 valence electrons. The average molecular weight is 406 g/mol. The van der Waals surface area contributed by atoms with Crippen LogP contribution in [0.15, 0.2) is 59.0 Å². The number of hydrogen-bond acceptors (Lipinski definition) is 6. The highest BCUT2D eigenvalue weighted by atomic mass is 16.5. The van der Waals surface area contributed by atoms with Crippen LogP contribution in [0.1, 0.15) is 0 Å². The number of nitrogens with one attached hydrogen (secondary N) is 2. The Hall–Kier alpha value is -3.87. The summed E-state index contributed by atoms with van der Waals surface area (Å²) in [5.41, 5.74) is 2.81. The number of anilines is 2. The zero-order chi connectivity index (χ0) is 21.1. The Morgan fingerprint density at radius 2 is 1.60 bits per heavy atom. The third-order valence-electron chi connectivity index (χ3n) is 4.81. The van der Waals surface area contributed by atoms with Crippen LogP contribution < -0.4 is 24.8 Å². The van der Waals surface area contributed by atoms with E-state index in [4.69, 9.17) is 18.6 Å². The van der Waals surface area contributed by atoms with Gasteiger partial charge < -0.3 is 29.3 Å². The summed E-state index contributed by atoms with van der Waals surface area (Å²) in [7, 11) is 4.70. The molecule has 1 amide bonds. The van der Waals surface area contributed by atoms with Crippen molar-refractivity contribution in [1.29, 1.82) is 0 Å². The molecule has 0 bridgehead atoms. The average Bonchev–Trinajstić information content (AvgIpc) is 3.14. The predicted molar refractivity (Wildman–Crippen MR) is 117 cm³/mol. The van der Waals surface area contributed by atoms with Crippen molar-refractivity contribution < 1.29 is 23.4 Å². The second-order valence-electron chi connectivity index (χ2n) is 6.62. The molecule has 30 heavy (non-hydrogen) atoms. The number of rotatable bonds is 7. The molecule has 0 radical (unpaired) electrons. The third kappa shape index (κ3) is 3.69. The van der Waals surface area contributed by atoms with E-state index in [1.165, 1.54) is 0 Å². The molecular weight excluding hydrogens is 384 g/mol. The van der Waals surface area contributed by atoms with Gasteiger partial charge in [-0.25, -0.2) is 0 Å². The zero-order valence-electron chi connectivity index (χ0n) is 16.9. The smallest absolute Gasteiger partial charge is 0.243 e. The number of ether oxygens (including phenoxy) is 3. The molecule has 4 aromatic rings. The van der Waals surface area contributed by atoms with E-state index in [2.05, 4.69) is 10.6 Å². The maximum atomic E-state index is 12.4. The van der Waals surface area contributed by atoms with Crippen molar-refractivity contribution in [3.05, 3.63) is 54.6 Å².